The maximum Gasteiger partial charge on any atom is 0.161 e. The molecule has 0 spiro atoms. The average Bonchev–Trinajstić information content (AvgIpc) is 2.63. The van der Waals surface area contributed by atoms with Crippen LogP contribution >= 0.6 is 8.22 Å². The molecule has 0 saturated heterocycles. The topological polar surface area (TPSA) is 18.5 Å². The molecule has 0 amide bonds. The van der Waals surface area contributed by atoms with E-state index in [-0.39, 0.29) is 0 Å². The molecule has 32 heavy (non-hydrogen) atoms. The van der Waals surface area contributed by atoms with Crippen LogP contribution in [0.4, 0.5) is 5.69 Å². The summed E-state index contributed by atoms with van der Waals surface area (Å²) in [7, 11) is -2.27. The van der Waals surface area contributed by atoms with E-state index in [2.05, 4.69) is 136 Å². The fourth-order valence-electron chi connectivity index (χ4n) is 5.81. The molecular weight excluding hydrogens is 425 g/mol. The highest BCUT2D eigenvalue weighted by Crippen LogP contribution is 2.49. The zero-order valence-electron chi connectivity index (χ0n) is 23.7. The number of nitrogens with zero attached hydrogens (tertiary/aromatic N) is 2. The zero-order chi connectivity index (χ0) is 25.0. The van der Waals surface area contributed by atoms with Crippen LogP contribution in [-0.4, -0.2) is 41.7 Å². The molecule has 0 aromatic heterocycles. The summed E-state index contributed by atoms with van der Waals surface area (Å²) in [5, 5.41) is 1.46. The van der Waals surface area contributed by atoms with Gasteiger partial charge in [0.25, 0.3) is 0 Å². The van der Waals surface area contributed by atoms with E-state index in [0.717, 1.165) is 0 Å². The van der Waals surface area contributed by atoms with Crippen molar-refractivity contribution < 1.29 is 0 Å². The van der Waals surface area contributed by atoms with Gasteiger partial charge in [-0.3, -0.25) is 9.34 Å². The van der Waals surface area contributed by atoms with E-state index in [1.54, 1.807) is 0 Å². The predicted molar refractivity (Wildman–Crippen MR) is 152 cm³/mol. The van der Waals surface area contributed by atoms with E-state index < -0.39 is 16.5 Å². The van der Waals surface area contributed by atoms with Crippen LogP contribution in [-0.2, 0) is 0 Å². The third-order valence-corrected chi connectivity index (χ3v) is 16.8. The molecule has 0 aliphatic heterocycles. The maximum atomic E-state index is 4.13. The smallest absolute Gasteiger partial charge is 0.161 e. The predicted octanol–water partition coefficient (Wildman–Crippen LogP) is 8.45. The number of hydrogen-bond acceptors (Lipinski definition) is 3. The van der Waals surface area contributed by atoms with Crippen molar-refractivity contribution >= 4 is 27.5 Å². The van der Waals surface area contributed by atoms with Crippen molar-refractivity contribution in [1.82, 2.24) is 9.34 Å². The Bertz CT molecular complexity index is 610. The van der Waals surface area contributed by atoms with Crippen molar-refractivity contribution in [2.24, 2.45) is 0 Å². The van der Waals surface area contributed by atoms with Crippen molar-refractivity contribution in [1.29, 1.82) is 0 Å². The van der Waals surface area contributed by atoms with Crippen LogP contribution < -0.4 is 10.3 Å². The maximum absolute atomic E-state index is 4.13. The van der Waals surface area contributed by atoms with Crippen molar-refractivity contribution in [3.8, 4) is 0 Å². The molecular formula is C27H54N3PSi. The second-order valence-electron chi connectivity index (χ2n) is 11.5. The highest BCUT2D eigenvalue weighted by molar-refractivity contribution is 7.61. The molecule has 0 unspecified atom stereocenters. The van der Waals surface area contributed by atoms with Crippen LogP contribution in [0.2, 0.25) is 16.6 Å². The molecule has 0 radical (unpaired) electrons. The minimum absolute atomic E-state index is 0.502. The number of benzene rings is 1. The molecule has 0 heterocycles. The first-order valence-electron chi connectivity index (χ1n) is 12.9. The fourth-order valence-corrected chi connectivity index (χ4v) is 14.3. The minimum Gasteiger partial charge on any atom is -0.410 e. The van der Waals surface area contributed by atoms with Gasteiger partial charge in [0.05, 0.1) is 8.22 Å². The molecule has 186 valence electrons. The lowest BCUT2D eigenvalue weighted by molar-refractivity contribution is 0.261. The van der Waals surface area contributed by atoms with Gasteiger partial charge in [-0.1, -0.05) is 41.5 Å². The van der Waals surface area contributed by atoms with Gasteiger partial charge in [0.1, 0.15) is 0 Å². The molecule has 0 saturated carbocycles. The van der Waals surface area contributed by atoms with Gasteiger partial charge in [0.2, 0.25) is 0 Å². The van der Waals surface area contributed by atoms with Crippen LogP contribution in [0.25, 0.3) is 0 Å². The monoisotopic (exact) mass is 479 g/mol. The highest BCUT2D eigenvalue weighted by Gasteiger charge is 2.43. The van der Waals surface area contributed by atoms with Gasteiger partial charge < -0.3 is 4.98 Å². The summed E-state index contributed by atoms with van der Waals surface area (Å²) < 4.78 is 5.46. The Kier molecular flexibility index (Phi) is 11.4. The number of hydrogen-bond donors (Lipinski definition) is 1. The van der Waals surface area contributed by atoms with Crippen molar-refractivity contribution in [2.75, 3.05) is 4.98 Å². The Labute approximate surface area is 203 Å². The SMILES string of the molecule is CC(C)N(C(C)C)P(c1ccc(N[Si](C(C)C)(C(C)C)C(C)C)cc1)N(C(C)C)C(C)C. The lowest BCUT2D eigenvalue weighted by Crippen LogP contribution is -2.52. The Morgan fingerprint density at radius 2 is 0.875 bits per heavy atom. The Hall–Kier alpha value is -0.413. The van der Waals surface area contributed by atoms with E-state index in [1.165, 1.54) is 11.0 Å². The number of nitrogens with one attached hydrogen (secondary N) is 1. The largest absolute Gasteiger partial charge is 0.410 e. The quantitative estimate of drug-likeness (QED) is 0.240. The van der Waals surface area contributed by atoms with Crippen LogP contribution in [0.1, 0.15) is 96.9 Å². The van der Waals surface area contributed by atoms with Gasteiger partial charge in [-0.05, 0) is 96.3 Å². The molecule has 1 rings (SSSR count). The van der Waals surface area contributed by atoms with Gasteiger partial charge in [0.15, 0.2) is 8.24 Å². The second-order valence-corrected chi connectivity index (χ2v) is 19.1. The van der Waals surface area contributed by atoms with Gasteiger partial charge in [-0.15, -0.1) is 0 Å². The molecule has 0 aliphatic carbocycles. The van der Waals surface area contributed by atoms with Crippen LogP contribution in [0.15, 0.2) is 24.3 Å². The van der Waals surface area contributed by atoms with Crippen molar-refractivity contribution in [3.05, 3.63) is 24.3 Å². The zero-order valence-corrected chi connectivity index (χ0v) is 25.6. The van der Waals surface area contributed by atoms with Crippen molar-refractivity contribution in [3.63, 3.8) is 0 Å². The number of anilines is 1. The molecule has 0 fully saturated rings. The summed E-state index contributed by atoms with van der Waals surface area (Å²) in [6, 6.07) is 11.5. The van der Waals surface area contributed by atoms with Gasteiger partial charge in [-0.25, -0.2) is 0 Å². The summed E-state index contributed by atoms with van der Waals surface area (Å²) in [5.74, 6) is 0. The Balaban J connectivity index is 3.47. The lowest BCUT2D eigenvalue weighted by Gasteiger charge is -2.47. The summed E-state index contributed by atoms with van der Waals surface area (Å²) in [4.78, 5) is 4.13. The molecule has 1 N–H and O–H groups in total. The third kappa shape index (κ3) is 6.59. The molecule has 5 heteroatoms. The van der Waals surface area contributed by atoms with E-state index >= 15 is 0 Å². The van der Waals surface area contributed by atoms with Crippen LogP contribution in [0.3, 0.4) is 0 Å². The van der Waals surface area contributed by atoms with Gasteiger partial charge in [-0.2, -0.15) is 0 Å². The van der Waals surface area contributed by atoms with E-state index in [1.807, 2.05) is 0 Å². The average molecular weight is 480 g/mol. The Morgan fingerprint density at radius 3 is 1.12 bits per heavy atom. The standard InChI is InChI=1S/C27H54N3PSi/c1-19(2)29(20(3)4)31(30(21(5)6)22(7)8)27-17-15-26(16-18-27)28-32(23(9)10,24(11)12)25(13)14/h15-25,28H,1-14H3. The first kappa shape index (κ1) is 29.6. The first-order valence-corrected chi connectivity index (χ1v) is 16.4. The van der Waals surface area contributed by atoms with E-state index in [9.17, 15) is 0 Å². The minimum atomic E-state index is -1.69. The first-order chi connectivity index (χ1) is 14.7. The molecule has 3 nitrogen and oxygen atoms in total. The molecule has 1 aromatic rings. The Morgan fingerprint density at radius 1 is 0.562 bits per heavy atom. The highest BCUT2D eigenvalue weighted by atomic mass is 31.1. The summed E-state index contributed by atoms with van der Waals surface area (Å²) in [6.45, 7) is 33.3. The van der Waals surface area contributed by atoms with Crippen LogP contribution in [0, 0.1) is 0 Å². The second kappa shape index (κ2) is 12.3. The third-order valence-electron chi connectivity index (χ3n) is 6.88. The molecule has 1 aromatic carbocycles. The van der Waals surface area contributed by atoms with Gasteiger partial charge >= 0.3 is 0 Å². The van der Waals surface area contributed by atoms with E-state index in [0.29, 0.717) is 40.8 Å². The fraction of sp³-hybridized carbons (Fsp3) is 0.778. The summed E-state index contributed by atoms with van der Waals surface area (Å²) >= 11 is 0. The van der Waals surface area contributed by atoms with Crippen molar-refractivity contribution in [2.45, 2.75) is 138 Å². The van der Waals surface area contributed by atoms with Gasteiger partial charge in [0, 0.05) is 35.2 Å². The normalized spacial score (nSPS) is 13.6. The molecule has 0 atom stereocenters. The summed E-state index contributed by atoms with van der Waals surface area (Å²) in [6.07, 6.45) is 0. The van der Waals surface area contributed by atoms with E-state index in [4.69, 9.17) is 0 Å². The molecule has 0 bridgehead atoms. The molecule has 0 aliphatic rings. The summed E-state index contributed by atoms with van der Waals surface area (Å²) in [5.41, 5.74) is 3.37. The van der Waals surface area contributed by atoms with Crippen LogP contribution in [0.5, 0.6) is 0 Å². The lowest BCUT2D eigenvalue weighted by atomic mass is 10.3. The number of rotatable bonds is 12.